The van der Waals surface area contributed by atoms with Crippen LogP contribution in [0, 0.1) is 0 Å². The Hall–Kier alpha value is -1.56. The first-order valence-electron chi connectivity index (χ1n) is 3.87. The topological polar surface area (TPSA) is 0 Å². The van der Waals surface area contributed by atoms with Crippen molar-refractivity contribution in [2.45, 2.75) is 0 Å². The van der Waals surface area contributed by atoms with Gasteiger partial charge >= 0.3 is 0 Å². The van der Waals surface area contributed by atoms with Crippen molar-refractivity contribution in [2.24, 2.45) is 0 Å². The molecule has 0 aliphatic heterocycles. The molecule has 0 unspecified atom stereocenters. The minimum atomic E-state index is 0.929. The minimum absolute atomic E-state index is 0.929. The van der Waals surface area contributed by atoms with Gasteiger partial charge in [0.2, 0.25) is 0 Å². The summed E-state index contributed by atoms with van der Waals surface area (Å²) >= 11 is 0. The van der Waals surface area contributed by atoms with Crippen LogP contribution in [0.5, 0.6) is 0 Å². The van der Waals surface area contributed by atoms with Crippen LogP contribution in [-0.2, 0) is 0 Å². The zero-order chi connectivity index (χ0) is 8.81. The number of hydrogen-bond donors (Lipinski definition) is 0. The lowest BCUT2D eigenvalue weighted by Crippen LogP contribution is -1.69. The second-order valence-electron chi connectivity index (χ2n) is 2.52. The average Bonchev–Trinajstić information content (AvgIpc) is 2.16. The van der Waals surface area contributed by atoms with Crippen LogP contribution in [0.25, 0.3) is 6.08 Å². The summed E-state index contributed by atoms with van der Waals surface area (Å²) in [4.78, 5) is 0. The van der Waals surface area contributed by atoms with Crippen LogP contribution in [0.4, 0.5) is 0 Å². The minimum Gasteiger partial charge on any atom is -0.0985 e. The van der Waals surface area contributed by atoms with Gasteiger partial charge in [0.1, 0.15) is 0 Å². The predicted octanol–water partition coefficient (Wildman–Crippen LogP) is 3.44. The molecule has 0 heteroatoms. The number of hydrogen-bond acceptors (Lipinski definition) is 0. The first kappa shape index (κ1) is 8.54. The van der Waals surface area contributed by atoms with E-state index in [1.807, 2.05) is 42.5 Å². The molecule has 1 rings (SSSR count). The Bertz CT molecular complexity index is 291. The molecule has 0 amide bonds. The van der Waals surface area contributed by atoms with Crippen LogP contribution in [0.15, 0.2) is 61.2 Å². The number of rotatable bonds is 3. The van der Waals surface area contributed by atoms with Gasteiger partial charge in [0.05, 0.1) is 0 Å². The van der Waals surface area contributed by atoms with E-state index < -0.39 is 0 Å². The second kappa shape index (κ2) is 4.35. The zero-order valence-electron chi connectivity index (χ0n) is 7.03. The maximum absolute atomic E-state index is 3.78. The normalized spacial score (nSPS) is 10.0. The first-order valence-corrected chi connectivity index (χ1v) is 3.87. The molecule has 0 saturated heterocycles. The molecular weight excluding hydrogens is 144 g/mol. The Balaban J connectivity index is 2.70. The van der Waals surface area contributed by atoms with Crippen LogP contribution >= 0.6 is 0 Å². The highest BCUT2D eigenvalue weighted by Gasteiger charge is 1.82. The molecule has 1 aromatic carbocycles. The lowest BCUT2D eigenvalue weighted by Gasteiger charge is -1.90. The first-order chi connectivity index (χ1) is 5.83. The molecule has 0 saturated carbocycles. The molecule has 1 aromatic rings. The van der Waals surface area contributed by atoms with Crippen LogP contribution in [0.3, 0.4) is 0 Å². The third-order valence-electron chi connectivity index (χ3n) is 1.55. The van der Waals surface area contributed by atoms with Crippen molar-refractivity contribution in [3.8, 4) is 0 Å². The van der Waals surface area contributed by atoms with Gasteiger partial charge in [0, 0.05) is 0 Å². The molecule has 0 spiro atoms. The SMILES string of the molecule is C=CC(=C)C=Cc1ccccc1. The van der Waals surface area contributed by atoms with Crippen molar-refractivity contribution >= 4 is 6.08 Å². The third-order valence-corrected chi connectivity index (χ3v) is 1.55. The van der Waals surface area contributed by atoms with E-state index in [2.05, 4.69) is 13.2 Å². The highest BCUT2D eigenvalue weighted by Crippen LogP contribution is 2.03. The average molecular weight is 156 g/mol. The lowest BCUT2D eigenvalue weighted by molar-refractivity contribution is 1.65. The summed E-state index contributed by atoms with van der Waals surface area (Å²) < 4.78 is 0. The molecule has 0 fully saturated rings. The monoisotopic (exact) mass is 156 g/mol. The summed E-state index contributed by atoms with van der Waals surface area (Å²) in [6.07, 6.45) is 5.70. The van der Waals surface area contributed by atoms with Gasteiger partial charge in [-0.05, 0) is 11.1 Å². The van der Waals surface area contributed by atoms with Crippen molar-refractivity contribution in [2.75, 3.05) is 0 Å². The van der Waals surface area contributed by atoms with E-state index in [9.17, 15) is 0 Å². The van der Waals surface area contributed by atoms with Crippen molar-refractivity contribution in [1.29, 1.82) is 0 Å². The molecule has 0 heterocycles. The Morgan fingerprint density at radius 3 is 2.42 bits per heavy atom. The predicted molar refractivity (Wildman–Crippen MR) is 54.8 cm³/mol. The Labute approximate surface area is 73.6 Å². The molecular formula is C12H12. The van der Waals surface area contributed by atoms with Crippen LogP contribution in [-0.4, -0.2) is 0 Å². The van der Waals surface area contributed by atoms with Gasteiger partial charge in [-0.2, -0.15) is 0 Å². The maximum Gasteiger partial charge on any atom is -0.0256 e. The van der Waals surface area contributed by atoms with Gasteiger partial charge in [-0.3, -0.25) is 0 Å². The van der Waals surface area contributed by atoms with Crippen LogP contribution in [0.1, 0.15) is 5.56 Å². The van der Waals surface area contributed by atoms with Crippen molar-refractivity contribution < 1.29 is 0 Å². The summed E-state index contributed by atoms with van der Waals surface area (Å²) in [5.74, 6) is 0. The van der Waals surface area contributed by atoms with E-state index in [1.54, 1.807) is 6.08 Å². The van der Waals surface area contributed by atoms with Gasteiger partial charge in [-0.25, -0.2) is 0 Å². The fourth-order valence-electron chi connectivity index (χ4n) is 0.835. The van der Waals surface area contributed by atoms with Gasteiger partial charge in [-0.15, -0.1) is 0 Å². The van der Waals surface area contributed by atoms with Crippen molar-refractivity contribution in [3.05, 3.63) is 66.8 Å². The summed E-state index contributed by atoms with van der Waals surface area (Å²) in [6, 6.07) is 10.1. The van der Waals surface area contributed by atoms with E-state index in [4.69, 9.17) is 0 Å². The second-order valence-corrected chi connectivity index (χ2v) is 2.52. The van der Waals surface area contributed by atoms with E-state index in [0.29, 0.717) is 0 Å². The zero-order valence-corrected chi connectivity index (χ0v) is 7.03. The van der Waals surface area contributed by atoms with Crippen LogP contribution < -0.4 is 0 Å². The highest BCUT2D eigenvalue weighted by atomic mass is 13.9. The Kier molecular flexibility index (Phi) is 3.09. The molecule has 0 atom stereocenters. The van der Waals surface area contributed by atoms with Gasteiger partial charge in [-0.1, -0.05) is 61.7 Å². The molecule has 0 N–H and O–H groups in total. The van der Waals surface area contributed by atoms with E-state index >= 15 is 0 Å². The summed E-state index contributed by atoms with van der Waals surface area (Å²) in [5, 5.41) is 0. The van der Waals surface area contributed by atoms with E-state index in [1.165, 1.54) is 5.56 Å². The summed E-state index contributed by atoms with van der Waals surface area (Å²) in [5.41, 5.74) is 2.11. The van der Waals surface area contributed by atoms with Crippen molar-refractivity contribution in [1.82, 2.24) is 0 Å². The molecule has 0 aromatic heterocycles. The smallest absolute Gasteiger partial charge is 0.0256 e. The molecule has 0 nitrogen and oxygen atoms in total. The molecule has 60 valence electrons. The van der Waals surface area contributed by atoms with Gasteiger partial charge in [0.25, 0.3) is 0 Å². The quantitative estimate of drug-likeness (QED) is 0.588. The van der Waals surface area contributed by atoms with E-state index in [-0.39, 0.29) is 0 Å². The molecule has 0 radical (unpaired) electrons. The summed E-state index contributed by atoms with van der Waals surface area (Å²) in [7, 11) is 0. The molecule has 12 heavy (non-hydrogen) atoms. The molecule has 0 bridgehead atoms. The maximum atomic E-state index is 3.78. The number of allylic oxidation sites excluding steroid dienone is 3. The van der Waals surface area contributed by atoms with Crippen molar-refractivity contribution in [3.63, 3.8) is 0 Å². The molecule has 0 aliphatic rings. The largest absolute Gasteiger partial charge is 0.0985 e. The fourth-order valence-corrected chi connectivity index (χ4v) is 0.835. The van der Waals surface area contributed by atoms with Crippen LogP contribution in [0.2, 0.25) is 0 Å². The third kappa shape index (κ3) is 2.59. The Morgan fingerprint density at radius 2 is 1.83 bits per heavy atom. The lowest BCUT2D eigenvalue weighted by atomic mass is 10.2. The van der Waals surface area contributed by atoms with E-state index in [0.717, 1.165) is 5.57 Å². The molecule has 0 aliphatic carbocycles. The summed E-state index contributed by atoms with van der Waals surface area (Å²) in [6.45, 7) is 7.41. The number of benzene rings is 1. The van der Waals surface area contributed by atoms with Gasteiger partial charge < -0.3 is 0 Å². The Morgan fingerprint density at radius 1 is 1.17 bits per heavy atom. The van der Waals surface area contributed by atoms with Gasteiger partial charge in [0.15, 0.2) is 0 Å². The fraction of sp³-hybridized carbons (Fsp3) is 0. The highest BCUT2D eigenvalue weighted by molar-refractivity contribution is 5.53. The standard InChI is InChI=1S/C12H12/c1-3-11(2)9-10-12-7-5-4-6-8-12/h3-10H,1-2H2.